The average molecular weight is 295 g/mol. The largest absolute Gasteiger partial charge is 0.488 e. The van der Waals surface area contributed by atoms with Crippen molar-refractivity contribution in [2.24, 2.45) is 0 Å². The molecule has 1 unspecified atom stereocenters. The lowest BCUT2D eigenvalue weighted by molar-refractivity contribution is 0.0319. The van der Waals surface area contributed by atoms with E-state index in [0.717, 1.165) is 0 Å². The van der Waals surface area contributed by atoms with Crippen molar-refractivity contribution in [1.29, 1.82) is 0 Å². The number of carboxylic acid groups (broad SMARTS) is 1. The molecule has 0 aromatic heterocycles. The number of hydrogen-bond donors (Lipinski definition) is 2. The number of hydrogen-bond acceptors (Lipinski definition) is 4. The number of carboxylic acids is 1. The lowest BCUT2D eigenvalue weighted by Gasteiger charge is -2.14. The Labute approximate surface area is 114 Å². The van der Waals surface area contributed by atoms with Gasteiger partial charge in [0.05, 0.1) is 11.6 Å². The van der Waals surface area contributed by atoms with E-state index in [1.807, 2.05) is 0 Å². The van der Waals surface area contributed by atoms with Gasteiger partial charge in [0.2, 0.25) is 0 Å². The Morgan fingerprint density at radius 1 is 1.39 bits per heavy atom. The highest BCUT2D eigenvalue weighted by Crippen LogP contribution is 2.32. The molecule has 5 nitrogen and oxygen atoms in total. The molecule has 18 heavy (non-hydrogen) atoms. The molecule has 0 amide bonds. The Bertz CT molecular complexity index is 436. The Morgan fingerprint density at radius 3 is 2.61 bits per heavy atom. The third-order valence-electron chi connectivity index (χ3n) is 2.02. The maximum atomic E-state index is 11.0. The molecule has 100 valence electrons. The number of methoxy groups -OCH3 is 1. The summed E-state index contributed by atoms with van der Waals surface area (Å²) in [5.41, 5.74) is -0.155. The fraction of sp³-hybridized carbons (Fsp3) is 0.364. The van der Waals surface area contributed by atoms with Gasteiger partial charge in [0, 0.05) is 12.1 Å². The average Bonchev–Trinajstić information content (AvgIpc) is 2.27. The predicted octanol–water partition coefficient (Wildman–Crippen LogP) is 2.08. The minimum absolute atomic E-state index is 0.0243. The number of benzene rings is 1. The zero-order valence-corrected chi connectivity index (χ0v) is 11.0. The predicted molar refractivity (Wildman–Crippen MR) is 66.8 cm³/mol. The van der Waals surface area contributed by atoms with Crippen LogP contribution in [0.5, 0.6) is 5.75 Å². The molecule has 0 bridgehead atoms. The number of aliphatic hydroxyl groups is 1. The first-order valence-corrected chi connectivity index (χ1v) is 5.73. The summed E-state index contributed by atoms with van der Waals surface area (Å²) < 4.78 is 9.92. The summed E-state index contributed by atoms with van der Waals surface area (Å²) in [6.07, 6.45) is -0.872. The van der Waals surface area contributed by atoms with E-state index in [4.69, 9.17) is 37.8 Å². The highest BCUT2D eigenvalue weighted by Gasteiger charge is 2.17. The fourth-order valence-electron chi connectivity index (χ4n) is 1.29. The SMILES string of the molecule is COCC(O)COc1c(Cl)cc(Cl)cc1C(=O)O. The fourth-order valence-corrected chi connectivity index (χ4v) is 1.83. The molecule has 0 spiro atoms. The number of carbonyl (C=O) groups is 1. The van der Waals surface area contributed by atoms with Crippen LogP contribution in [-0.2, 0) is 4.74 Å². The Morgan fingerprint density at radius 2 is 2.06 bits per heavy atom. The molecule has 1 aromatic carbocycles. The molecular formula is C11H12Cl2O5. The van der Waals surface area contributed by atoms with Crippen LogP contribution in [0.1, 0.15) is 10.4 Å². The number of aliphatic hydroxyl groups excluding tert-OH is 1. The number of halogens is 2. The van der Waals surface area contributed by atoms with Gasteiger partial charge < -0.3 is 19.7 Å². The smallest absolute Gasteiger partial charge is 0.339 e. The minimum atomic E-state index is -1.21. The molecule has 0 saturated carbocycles. The van der Waals surface area contributed by atoms with Gasteiger partial charge in [0.15, 0.2) is 5.75 Å². The van der Waals surface area contributed by atoms with Crippen LogP contribution in [-0.4, -0.2) is 42.6 Å². The van der Waals surface area contributed by atoms with E-state index in [9.17, 15) is 9.90 Å². The van der Waals surface area contributed by atoms with Crippen molar-refractivity contribution in [3.8, 4) is 5.75 Å². The topological polar surface area (TPSA) is 76.0 Å². The number of ether oxygens (including phenoxy) is 2. The molecule has 0 fully saturated rings. The zero-order valence-electron chi connectivity index (χ0n) is 9.52. The van der Waals surface area contributed by atoms with E-state index in [1.54, 1.807) is 0 Å². The summed E-state index contributed by atoms with van der Waals surface area (Å²) in [5, 5.41) is 18.7. The van der Waals surface area contributed by atoms with E-state index in [2.05, 4.69) is 0 Å². The summed E-state index contributed by atoms with van der Waals surface area (Å²) in [6, 6.07) is 2.60. The van der Waals surface area contributed by atoms with Crippen molar-refractivity contribution in [2.45, 2.75) is 6.10 Å². The second kappa shape index (κ2) is 6.80. The summed E-state index contributed by atoms with van der Waals surface area (Å²) >= 11 is 11.6. The molecule has 0 aliphatic carbocycles. The van der Waals surface area contributed by atoms with Crippen LogP contribution in [0, 0.1) is 0 Å². The van der Waals surface area contributed by atoms with Gasteiger partial charge in [-0.3, -0.25) is 0 Å². The molecule has 0 saturated heterocycles. The van der Waals surface area contributed by atoms with Crippen molar-refractivity contribution in [1.82, 2.24) is 0 Å². The van der Waals surface area contributed by atoms with Crippen molar-refractivity contribution in [3.05, 3.63) is 27.7 Å². The Hall–Kier alpha value is -1.01. The van der Waals surface area contributed by atoms with Gasteiger partial charge in [-0.05, 0) is 12.1 Å². The molecule has 7 heteroatoms. The second-order valence-electron chi connectivity index (χ2n) is 3.49. The van der Waals surface area contributed by atoms with Crippen LogP contribution in [0.25, 0.3) is 0 Å². The van der Waals surface area contributed by atoms with Gasteiger partial charge in [-0.15, -0.1) is 0 Å². The second-order valence-corrected chi connectivity index (χ2v) is 4.33. The maximum Gasteiger partial charge on any atom is 0.339 e. The van der Waals surface area contributed by atoms with Gasteiger partial charge in [0.1, 0.15) is 18.3 Å². The third kappa shape index (κ3) is 4.03. The van der Waals surface area contributed by atoms with E-state index in [0.29, 0.717) is 0 Å². The quantitative estimate of drug-likeness (QED) is 0.840. The van der Waals surface area contributed by atoms with Crippen LogP contribution >= 0.6 is 23.2 Å². The van der Waals surface area contributed by atoms with Gasteiger partial charge in [-0.1, -0.05) is 23.2 Å². The maximum absolute atomic E-state index is 11.0. The minimum Gasteiger partial charge on any atom is -0.488 e. The lowest BCUT2D eigenvalue weighted by Crippen LogP contribution is -2.23. The zero-order chi connectivity index (χ0) is 13.7. The highest BCUT2D eigenvalue weighted by molar-refractivity contribution is 6.36. The molecule has 1 atom stereocenters. The van der Waals surface area contributed by atoms with Crippen molar-refractivity contribution >= 4 is 29.2 Å². The van der Waals surface area contributed by atoms with Gasteiger partial charge in [-0.2, -0.15) is 0 Å². The highest BCUT2D eigenvalue weighted by atomic mass is 35.5. The lowest BCUT2D eigenvalue weighted by atomic mass is 10.2. The molecule has 2 N–H and O–H groups in total. The monoisotopic (exact) mass is 294 g/mol. The van der Waals surface area contributed by atoms with Crippen LogP contribution < -0.4 is 4.74 Å². The molecule has 1 aromatic rings. The summed E-state index contributed by atoms with van der Waals surface area (Å²) in [7, 11) is 1.43. The van der Waals surface area contributed by atoms with E-state index < -0.39 is 12.1 Å². The van der Waals surface area contributed by atoms with Crippen LogP contribution in [0.15, 0.2) is 12.1 Å². The van der Waals surface area contributed by atoms with Crippen LogP contribution in [0.4, 0.5) is 0 Å². The number of aromatic carboxylic acids is 1. The van der Waals surface area contributed by atoms with Crippen molar-refractivity contribution in [2.75, 3.05) is 20.3 Å². The normalized spacial score (nSPS) is 12.2. The summed E-state index contributed by atoms with van der Waals surface area (Å²) in [4.78, 5) is 11.0. The molecule has 0 aliphatic rings. The van der Waals surface area contributed by atoms with Gasteiger partial charge in [0.25, 0.3) is 0 Å². The third-order valence-corrected chi connectivity index (χ3v) is 2.52. The molecule has 0 heterocycles. The van der Waals surface area contributed by atoms with Crippen LogP contribution in [0.2, 0.25) is 10.0 Å². The van der Waals surface area contributed by atoms with Crippen LogP contribution in [0.3, 0.4) is 0 Å². The first-order chi connectivity index (χ1) is 8.45. The van der Waals surface area contributed by atoms with Gasteiger partial charge >= 0.3 is 5.97 Å². The number of rotatable bonds is 6. The molecule has 1 rings (SSSR count). The Kier molecular flexibility index (Phi) is 5.68. The van der Waals surface area contributed by atoms with E-state index >= 15 is 0 Å². The van der Waals surface area contributed by atoms with Crippen molar-refractivity contribution < 1.29 is 24.5 Å². The van der Waals surface area contributed by atoms with E-state index in [1.165, 1.54) is 19.2 Å². The van der Waals surface area contributed by atoms with Crippen molar-refractivity contribution in [3.63, 3.8) is 0 Å². The van der Waals surface area contributed by atoms with Gasteiger partial charge in [-0.25, -0.2) is 4.79 Å². The van der Waals surface area contributed by atoms with E-state index in [-0.39, 0.29) is 34.6 Å². The summed E-state index contributed by atoms with van der Waals surface area (Å²) in [6.45, 7) is -0.0525. The Balaban J connectivity index is 2.90. The molecular weight excluding hydrogens is 283 g/mol. The standard InChI is InChI=1S/C11H12Cl2O5/c1-17-4-7(14)5-18-10-8(11(15)16)2-6(12)3-9(10)13/h2-3,7,14H,4-5H2,1H3,(H,15,16). The first-order valence-electron chi connectivity index (χ1n) is 4.97. The molecule has 0 radical (unpaired) electrons. The first kappa shape index (κ1) is 15.0. The summed E-state index contributed by atoms with van der Waals surface area (Å²) in [5.74, 6) is -1.24. The molecule has 0 aliphatic heterocycles.